The molecule has 0 saturated heterocycles. The van der Waals surface area contributed by atoms with Crippen molar-refractivity contribution in [1.29, 1.82) is 0 Å². The normalized spacial score (nSPS) is 12.8. The zero-order valence-electron chi connectivity index (χ0n) is 14.2. The molecule has 1 aliphatic rings. The number of Topliss-reactive ketones (excluding diaryl/α,β-unsaturated/α-hetero) is 2. The second-order valence-electron chi connectivity index (χ2n) is 6.22. The molecule has 2 aromatic carbocycles. The average Bonchev–Trinajstić information content (AvgIpc) is 2.96. The van der Waals surface area contributed by atoms with Gasteiger partial charge in [0.05, 0.1) is 12.2 Å². The molecule has 0 aromatic heterocycles. The lowest BCUT2D eigenvalue weighted by Gasteiger charge is -2.06. The number of fused-ring (bicyclic) bond motifs is 1. The van der Waals surface area contributed by atoms with Crippen molar-refractivity contribution in [3.05, 3.63) is 70.3 Å². The summed E-state index contributed by atoms with van der Waals surface area (Å²) in [6.07, 6.45) is 2.01. The van der Waals surface area contributed by atoms with Crippen LogP contribution in [0.2, 0.25) is 0 Å². The van der Waals surface area contributed by atoms with Crippen molar-refractivity contribution in [3.8, 4) is 0 Å². The minimum Gasteiger partial charge on any atom is -0.462 e. The largest absolute Gasteiger partial charge is 0.462 e. The predicted molar refractivity (Wildman–Crippen MR) is 93.9 cm³/mol. The van der Waals surface area contributed by atoms with E-state index in [2.05, 4.69) is 0 Å². The fourth-order valence-electron chi connectivity index (χ4n) is 3.11. The third-order valence-corrected chi connectivity index (χ3v) is 4.36. The summed E-state index contributed by atoms with van der Waals surface area (Å²) in [7, 11) is 0. The maximum absolute atomic E-state index is 12.3. The predicted octanol–water partition coefficient (Wildman–Crippen LogP) is 3.35. The molecule has 3 rings (SSSR count). The molecule has 2 aromatic rings. The molecule has 4 nitrogen and oxygen atoms in total. The maximum atomic E-state index is 12.3. The van der Waals surface area contributed by atoms with E-state index in [0.717, 1.165) is 28.7 Å². The molecule has 25 heavy (non-hydrogen) atoms. The lowest BCUT2D eigenvalue weighted by atomic mass is 9.99. The van der Waals surface area contributed by atoms with Crippen molar-refractivity contribution in [1.82, 2.24) is 0 Å². The molecule has 0 saturated carbocycles. The van der Waals surface area contributed by atoms with Crippen LogP contribution in [0.1, 0.15) is 50.8 Å². The van der Waals surface area contributed by atoms with Crippen molar-refractivity contribution in [2.45, 2.75) is 32.6 Å². The van der Waals surface area contributed by atoms with Crippen LogP contribution in [0.5, 0.6) is 0 Å². The Morgan fingerprint density at radius 3 is 2.36 bits per heavy atom. The Labute approximate surface area is 146 Å². The maximum Gasteiger partial charge on any atom is 0.338 e. The lowest BCUT2D eigenvalue weighted by Crippen LogP contribution is -2.08. The minimum absolute atomic E-state index is 0.105. The van der Waals surface area contributed by atoms with E-state index >= 15 is 0 Å². The SMILES string of the molecule is CCOC(=O)c1ccc(CC(=O)Cc2ccc3c(c2)CCC3=O)cc1. The van der Waals surface area contributed by atoms with Crippen LogP contribution in [0.15, 0.2) is 42.5 Å². The van der Waals surface area contributed by atoms with Gasteiger partial charge in [0.2, 0.25) is 0 Å². The van der Waals surface area contributed by atoms with Gasteiger partial charge in [-0.1, -0.05) is 30.3 Å². The molecular formula is C21H20O4. The third-order valence-electron chi connectivity index (χ3n) is 4.36. The number of ether oxygens (including phenoxy) is 1. The Morgan fingerprint density at radius 2 is 1.64 bits per heavy atom. The highest BCUT2D eigenvalue weighted by molar-refractivity contribution is 6.00. The van der Waals surface area contributed by atoms with Crippen LogP contribution < -0.4 is 0 Å². The number of ketones is 2. The summed E-state index contributed by atoms with van der Waals surface area (Å²) in [6, 6.07) is 12.6. The van der Waals surface area contributed by atoms with E-state index < -0.39 is 0 Å². The first-order chi connectivity index (χ1) is 12.1. The Kier molecular flexibility index (Phi) is 5.08. The number of carbonyl (C=O) groups is 3. The average molecular weight is 336 g/mol. The number of rotatable bonds is 6. The van der Waals surface area contributed by atoms with E-state index in [4.69, 9.17) is 4.74 Å². The topological polar surface area (TPSA) is 60.4 Å². The molecule has 0 fully saturated rings. The standard InChI is InChI=1S/C21H20O4/c1-2-25-21(24)16-6-3-14(4-7-16)12-18(22)13-15-5-9-19-17(11-15)8-10-20(19)23/h3-7,9,11H,2,8,10,12-13H2,1H3. The molecule has 0 bridgehead atoms. The number of benzene rings is 2. The second kappa shape index (κ2) is 7.43. The van der Waals surface area contributed by atoms with Gasteiger partial charge in [0, 0.05) is 24.8 Å². The van der Waals surface area contributed by atoms with Gasteiger partial charge in [0.25, 0.3) is 0 Å². The quantitative estimate of drug-likeness (QED) is 0.759. The van der Waals surface area contributed by atoms with Gasteiger partial charge < -0.3 is 4.74 Å². The summed E-state index contributed by atoms with van der Waals surface area (Å²) in [4.78, 5) is 35.6. The number of esters is 1. The molecule has 0 unspecified atom stereocenters. The van der Waals surface area contributed by atoms with Gasteiger partial charge >= 0.3 is 5.97 Å². The summed E-state index contributed by atoms with van der Waals surface area (Å²) in [5.74, 6) is -0.0595. The molecular weight excluding hydrogens is 316 g/mol. The molecule has 1 aliphatic carbocycles. The van der Waals surface area contributed by atoms with Crippen molar-refractivity contribution in [2.24, 2.45) is 0 Å². The van der Waals surface area contributed by atoms with Gasteiger partial charge in [-0.05, 0) is 42.2 Å². The van der Waals surface area contributed by atoms with E-state index in [1.54, 1.807) is 31.2 Å². The van der Waals surface area contributed by atoms with Gasteiger partial charge in [-0.15, -0.1) is 0 Å². The van der Waals surface area contributed by atoms with Gasteiger partial charge in [-0.2, -0.15) is 0 Å². The molecule has 0 aliphatic heterocycles. The number of carbonyl (C=O) groups excluding carboxylic acids is 3. The van der Waals surface area contributed by atoms with Gasteiger partial charge in [-0.25, -0.2) is 4.79 Å². The van der Waals surface area contributed by atoms with Crippen LogP contribution >= 0.6 is 0 Å². The molecule has 0 spiro atoms. The van der Waals surface area contributed by atoms with Crippen molar-refractivity contribution < 1.29 is 19.1 Å². The van der Waals surface area contributed by atoms with Crippen LogP contribution in [0.4, 0.5) is 0 Å². The Morgan fingerprint density at radius 1 is 0.960 bits per heavy atom. The summed E-state index contributed by atoms with van der Waals surface area (Å²) in [5, 5.41) is 0. The second-order valence-corrected chi connectivity index (χ2v) is 6.22. The van der Waals surface area contributed by atoms with Crippen LogP contribution in [-0.4, -0.2) is 24.1 Å². The van der Waals surface area contributed by atoms with Gasteiger partial charge in [0.15, 0.2) is 5.78 Å². The molecule has 0 atom stereocenters. The zero-order chi connectivity index (χ0) is 17.8. The molecule has 0 N–H and O–H groups in total. The van der Waals surface area contributed by atoms with E-state index in [9.17, 15) is 14.4 Å². The first-order valence-electron chi connectivity index (χ1n) is 8.49. The highest BCUT2D eigenvalue weighted by Crippen LogP contribution is 2.23. The first kappa shape index (κ1) is 17.1. The number of hydrogen-bond donors (Lipinski definition) is 0. The van der Waals surface area contributed by atoms with E-state index in [-0.39, 0.29) is 17.5 Å². The van der Waals surface area contributed by atoms with Crippen molar-refractivity contribution >= 4 is 17.5 Å². The zero-order valence-corrected chi connectivity index (χ0v) is 14.2. The van der Waals surface area contributed by atoms with Gasteiger partial charge in [-0.3, -0.25) is 9.59 Å². The Hall–Kier alpha value is -2.75. The summed E-state index contributed by atoms with van der Waals surface area (Å²) >= 11 is 0. The van der Waals surface area contributed by atoms with Gasteiger partial charge in [0.1, 0.15) is 5.78 Å². The van der Waals surface area contributed by atoms with Crippen LogP contribution in [0.3, 0.4) is 0 Å². The van der Waals surface area contributed by atoms with E-state index in [0.29, 0.717) is 31.4 Å². The monoisotopic (exact) mass is 336 g/mol. The molecule has 0 amide bonds. The van der Waals surface area contributed by atoms with E-state index in [1.807, 2.05) is 18.2 Å². The highest BCUT2D eigenvalue weighted by atomic mass is 16.5. The third kappa shape index (κ3) is 4.02. The molecule has 0 heterocycles. The Balaban J connectivity index is 1.61. The van der Waals surface area contributed by atoms with Crippen LogP contribution in [0, 0.1) is 0 Å². The van der Waals surface area contributed by atoms with E-state index in [1.165, 1.54) is 0 Å². The fourth-order valence-corrected chi connectivity index (χ4v) is 3.11. The summed E-state index contributed by atoms with van der Waals surface area (Å²) in [5.41, 5.74) is 4.15. The van der Waals surface area contributed by atoms with Crippen molar-refractivity contribution in [3.63, 3.8) is 0 Å². The number of hydrogen-bond acceptors (Lipinski definition) is 4. The van der Waals surface area contributed by atoms with Crippen LogP contribution in [0.25, 0.3) is 0 Å². The summed E-state index contributed by atoms with van der Waals surface area (Å²) < 4.78 is 4.94. The Bertz CT molecular complexity index is 818. The molecule has 0 radical (unpaired) electrons. The fraction of sp³-hybridized carbons (Fsp3) is 0.286. The summed E-state index contributed by atoms with van der Waals surface area (Å²) in [6.45, 7) is 2.10. The molecule has 4 heteroatoms. The van der Waals surface area contributed by atoms with Crippen LogP contribution in [-0.2, 0) is 28.8 Å². The first-order valence-corrected chi connectivity index (χ1v) is 8.49. The highest BCUT2D eigenvalue weighted by Gasteiger charge is 2.19. The van der Waals surface area contributed by atoms with Crippen molar-refractivity contribution in [2.75, 3.05) is 6.61 Å². The lowest BCUT2D eigenvalue weighted by molar-refractivity contribution is -0.117. The minimum atomic E-state index is -0.354. The molecule has 128 valence electrons. The number of aryl methyl sites for hydroxylation is 1. The smallest absolute Gasteiger partial charge is 0.338 e.